The van der Waals surface area contributed by atoms with E-state index in [1.807, 2.05) is 76.2 Å². The Morgan fingerprint density at radius 3 is 1.47 bits per heavy atom. The molecule has 2 amide bonds. The highest BCUT2D eigenvalue weighted by Crippen LogP contribution is 2.40. The fourth-order valence-electron chi connectivity index (χ4n) is 8.85. The number of amides is 2. The molecular weight excluding hydrogens is 887 g/mol. The Bertz CT molecular complexity index is 2690. The first-order chi connectivity index (χ1) is 33.8. The first-order valence-electron chi connectivity index (χ1n) is 24.9. The Morgan fingerprint density at radius 1 is 0.571 bits per heavy atom. The summed E-state index contributed by atoms with van der Waals surface area (Å²) in [6, 6.07) is 21.8. The maximum Gasteiger partial charge on any atom is 0.289 e. The van der Waals surface area contributed by atoms with Gasteiger partial charge in [-0.05, 0) is 96.2 Å². The van der Waals surface area contributed by atoms with Crippen molar-refractivity contribution in [2.45, 2.75) is 117 Å². The second-order valence-electron chi connectivity index (χ2n) is 18.8. The summed E-state index contributed by atoms with van der Waals surface area (Å²) in [5.41, 5.74) is 5.55. The quantitative estimate of drug-likeness (QED) is 0.0332. The molecule has 0 spiro atoms. The molecule has 0 atom stereocenters. The SMILES string of the molecule is CCCCCCCNC(=O)c1nnc(-c2cc(C(C)C)c(O)cc2O)n1-c1ccc(CCCCCCNC(=O)c2nnc(-c3cc(C(C)C)c(O)cc3O)n2-c2ccc(CN3CCOCC3)cc2)cc1. The molecule has 0 bridgehead atoms. The summed E-state index contributed by atoms with van der Waals surface area (Å²) in [5.74, 6) is -0.411. The van der Waals surface area contributed by atoms with Crippen LogP contribution in [-0.4, -0.2) is 106 Å². The largest absolute Gasteiger partial charge is 0.508 e. The number of aryl methyl sites for hydroxylation is 1. The lowest BCUT2D eigenvalue weighted by atomic mass is 9.98. The number of benzene rings is 4. The van der Waals surface area contributed by atoms with Crippen LogP contribution in [0.25, 0.3) is 34.2 Å². The number of carbonyl (C=O) groups excluding carboxylic acids is 2. The highest BCUT2D eigenvalue weighted by Gasteiger charge is 2.27. The van der Waals surface area contributed by atoms with E-state index in [0.29, 0.717) is 65.8 Å². The van der Waals surface area contributed by atoms with Crippen molar-refractivity contribution in [2.24, 2.45) is 0 Å². The van der Waals surface area contributed by atoms with Gasteiger partial charge in [0.15, 0.2) is 11.6 Å². The number of phenols is 4. The molecule has 1 aliphatic rings. The van der Waals surface area contributed by atoms with Gasteiger partial charge in [0.05, 0.1) is 24.3 Å². The standard InChI is InChI=1S/C54H69N9O7/c1-6-7-8-10-13-24-55-53(68)51-59-57-49(43-30-41(35(2)3)45(64)32-47(43)66)62(51)39-20-16-37(17-21-39)15-12-9-11-14-25-56-54(69)52-60-58-50(44-31-42(36(4)5)46(65)33-48(44)67)63(52)40-22-18-38(19-23-40)34-61-26-28-70-29-27-61/h16-23,30-33,35-36,64-67H,6-15,24-29,34H2,1-5H3,(H,55,68)(H,56,69). The highest BCUT2D eigenvalue weighted by molar-refractivity contribution is 5.93. The molecule has 16 heteroatoms. The Balaban J connectivity index is 0.983. The van der Waals surface area contributed by atoms with Crippen LogP contribution in [0.1, 0.15) is 148 Å². The summed E-state index contributed by atoms with van der Waals surface area (Å²) >= 11 is 0. The van der Waals surface area contributed by atoms with Gasteiger partial charge in [0.1, 0.15) is 23.0 Å². The van der Waals surface area contributed by atoms with Crippen LogP contribution in [0.15, 0.2) is 72.8 Å². The van der Waals surface area contributed by atoms with E-state index in [-0.39, 0.29) is 64.1 Å². The fraction of sp³-hybridized carbons (Fsp3) is 0.444. The average Bonchev–Trinajstić information content (AvgIpc) is 3.99. The van der Waals surface area contributed by atoms with Crippen molar-refractivity contribution in [3.05, 3.63) is 107 Å². The summed E-state index contributed by atoms with van der Waals surface area (Å²) in [6.45, 7) is 14.8. The van der Waals surface area contributed by atoms with E-state index in [0.717, 1.165) is 95.0 Å². The highest BCUT2D eigenvalue weighted by atomic mass is 16.5. The van der Waals surface area contributed by atoms with E-state index in [2.05, 4.69) is 42.9 Å². The summed E-state index contributed by atoms with van der Waals surface area (Å²) in [6.07, 6.45) is 9.62. The van der Waals surface area contributed by atoms with Gasteiger partial charge in [0.2, 0.25) is 11.6 Å². The second kappa shape index (κ2) is 24.2. The van der Waals surface area contributed by atoms with E-state index in [4.69, 9.17) is 4.74 Å². The van der Waals surface area contributed by atoms with Crippen molar-refractivity contribution in [1.29, 1.82) is 0 Å². The lowest BCUT2D eigenvalue weighted by molar-refractivity contribution is 0.0342. The van der Waals surface area contributed by atoms with Crippen molar-refractivity contribution in [3.63, 3.8) is 0 Å². The first kappa shape index (κ1) is 51.1. The molecular formula is C54H69N9O7. The van der Waals surface area contributed by atoms with Crippen LogP contribution >= 0.6 is 0 Å². The molecule has 0 unspecified atom stereocenters. The molecule has 2 aromatic heterocycles. The molecule has 0 radical (unpaired) electrons. The Kier molecular flexibility index (Phi) is 17.6. The number of phenolic OH excluding ortho intramolecular Hbond substituents is 4. The predicted molar refractivity (Wildman–Crippen MR) is 270 cm³/mol. The van der Waals surface area contributed by atoms with Crippen LogP contribution < -0.4 is 10.6 Å². The maximum atomic E-state index is 13.8. The molecule has 1 saturated heterocycles. The van der Waals surface area contributed by atoms with Crippen molar-refractivity contribution >= 4 is 11.8 Å². The molecule has 1 fully saturated rings. The van der Waals surface area contributed by atoms with Crippen LogP contribution in [0, 0.1) is 0 Å². The van der Waals surface area contributed by atoms with Crippen LogP contribution in [0.5, 0.6) is 23.0 Å². The third-order valence-corrected chi connectivity index (χ3v) is 12.9. The number of unbranched alkanes of at least 4 members (excludes halogenated alkanes) is 7. The zero-order valence-corrected chi connectivity index (χ0v) is 41.2. The topological polar surface area (TPSA) is 213 Å². The molecule has 70 heavy (non-hydrogen) atoms. The van der Waals surface area contributed by atoms with Gasteiger partial charge in [0.25, 0.3) is 11.8 Å². The van der Waals surface area contributed by atoms with Gasteiger partial charge in [0, 0.05) is 56.2 Å². The number of carbonyl (C=O) groups is 2. The van der Waals surface area contributed by atoms with E-state index in [1.165, 1.54) is 12.1 Å². The van der Waals surface area contributed by atoms with Gasteiger partial charge in [-0.3, -0.25) is 23.6 Å². The summed E-state index contributed by atoms with van der Waals surface area (Å²) in [7, 11) is 0. The Morgan fingerprint density at radius 2 is 1.01 bits per heavy atom. The zero-order chi connectivity index (χ0) is 49.7. The van der Waals surface area contributed by atoms with E-state index >= 15 is 0 Å². The molecule has 372 valence electrons. The zero-order valence-electron chi connectivity index (χ0n) is 41.2. The van der Waals surface area contributed by atoms with E-state index in [1.54, 1.807) is 21.3 Å². The van der Waals surface area contributed by atoms with Crippen LogP contribution in [0.4, 0.5) is 0 Å². The van der Waals surface area contributed by atoms with Gasteiger partial charge in [-0.2, -0.15) is 0 Å². The predicted octanol–water partition coefficient (Wildman–Crippen LogP) is 9.32. The molecule has 3 heterocycles. The average molecular weight is 956 g/mol. The number of hydrogen-bond acceptors (Lipinski definition) is 12. The number of hydrogen-bond donors (Lipinski definition) is 6. The van der Waals surface area contributed by atoms with Crippen LogP contribution in [0.3, 0.4) is 0 Å². The van der Waals surface area contributed by atoms with Crippen molar-refractivity contribution in [1.82, 2.24) is 45.1 Å². The van der Waals surface area contributed by atoms with Crippen molar-refractivity contribution in [3.8, 4) is 57.1 Å². The van der Waals surface area contributed by atoms with Crippen molar-refractivity contribution < 1.29 is 34.8 Å². The van der Waals surface area contributed by atoms with Gasteiger partial charge in [-0.25, -0.2) is 0 Å². The minimum Gasteiger partial charge on any atom is -0.508 e. The third-order valence-electron chi connectivity index (χ3n) is 12.9. The van der Waals surface area contributed by atoms with Crippen LogP contribution in [-0.2, 0) is 17.7 Å². The molecule has 0 saturated carbocycles. The van der Waals surface area contributed by atoms with Gasteiger partial charge in [-0.1, -0.05) is 97.4 Å². The van der Waals surface area contributed by atoms with Crippen LogP contribution in [0.2, 0.25) is 0 Å². The number of aromatic nitrogens is 6. The molecule has 0 aliphatic carbocycles. The van der Waals surface area contributed by atoms with Gasteiger partial charge < -0.3 is 35.8 Å². The Labute approximate surface area is 410 Å². The van der Waals surface area contributed by atoms with Gasteiger partial charge in [-0.15, -0.1) is 20.4 Å². The molecule has 7 rings (SSSR count). The Hall–Kier alpha value is -6.78. The second-order valence-corrected chi connectivity index (χ2v) is 18.8. The maximum absolute atomic E-state index is 13.8. The number of aromatic hydroxyl groups is 4. The molecule has 16 nitrogen and oxygen atoms in total. The fourth-order valence-corrected chi connectivity index (χ4v) is 8.85. The molecule has 6 N–H and O–H groups in total. The monoisotopic (exact) mass is 956 g/mol. The minimum atomic E-state index is -0.390. The molecule has 4 aromatic carbocycles. The lowest BCUT2D eigenvalue weighted by Crippen LogP contribution is -2.35. The summed E-state index contributed by atoms with van der Waals surface area (Å²) in [4.78, 5) is 29.7. The molecule has 1 aliphatic heterocycles. The minimum absolute atomic E-state index is 0.0142. The number of nitrogens with one attached hydrogen (secondary N) is 2. The van der Waals surface area contributed by atoms with E-state index < -0.39 is 0 Å². The molecule has 6 aromatic rings. The number of ether oxygens (including phenoxy) is 1. The van der Waals surface area contributed by atoms with Gasteiger partial charge >= 0.3 is 0 Å². The number of morpholine rings is 1. The first-order valence-corrected chi connectivity index (χ1v) is 24.9. The lowest BCUT2D eigenvalue weighted by Gasteiger charge is -2.26. The summed E-state index contributed by atoms with van der Waals surface area (Å²) < 4.78 is 8.83. The number of rotatable bonds is 23. The van der Waals surface area contributed by atoms with E-state index in [9.17, 15) is 30.0 Å². The normalized spacial score (nSPS) is 13.1. The summed E-state index contributed by atoms with van der Waals surface area (Å²) in [5, 5.41) is 66.7. The van der Waals surface area contributed by atoms with Crippen molar-refractivity contribution in [2.75, 3.05) is 39.4 Å². The smallest absolute Gasteiger partial charge is 0.289 e. The number of nitrogens with zero attached hydrogens (tertiary/aromatic N) is 7. The third kappa shape index (κ3) is 12.5.